The molecule has 0 N–H and O–H groups in total. The lowest BCUT2D eigenvalue weighted by molar-refractivity contribution is 0.370. The van der Waals surface area contributed by atoms with Crippen molar-refractivity contribution in [1.29, 1.82) is 0 Å². The Morgan fingerprint density at radius 3 is 2.45 bits per heavy atom. The van der Waals surface area contributed by atoms with Gasteiger partial charge in [0.2, 0.25) is 0 Å². The second-order valence-electron chi connectivity index (χ2n) is 2.44. The van der Waals surface area contributed by atoms with E-state index < -0.39 is 6.17 Å². The molecule has 2 heteroatoms. The number of halogens is 2. The minimum atomic E-state index is -0.696. The molecule has 0 aromatic heterocycles. The third kappa shape index (κ3) is 3.18. The van der Waals surface area contributed by atoms with Crippen molar-refractivity contribution in [3.05, 3.63) is 35.9 Å². The molecule has 0 amide bonds. The second-order valence-corrected chi connectivity index (χ2v) is 3.32. The highest BCUT2D eigenvalue weighted by molar-refractivity contribution is 14.1. The van der Waals surface area contributed by atoms with Gasteiger partial charge in [-0.3, -0.25) is 0 Å². The summed E-state index contributed by atoms with van der Waals surface area (Å²) in [6.45, 7) is 0. The van der Waals surface area contributed by atoms with Gasteiger partial charge in [0.05, 0.1) is 0 Å². The van der Waals surface area contributed by atoms with Gasteiger partial charge in [0.1, 0.15) is 6.17 Å². The number of alkyl halides is 2. The molecule has 0 fully saturated rings. The molecule has 0 aliphatic heterocycles. The summed E-state index contributed by atoms with van der Waals surface area (Å²) in [6.07, 6.45) is -0.151. The first kappa shape index (κ1) is 8.97. The monoisotopic (exact) mass is 264 g/mol. The highest BCUT2D eigenvalue weighted by atomic mass is 127. The van der Waals surface area contributed by atoms with E-state index in [0.717, 1.165) is 5.56 Å². The molecule has 1 rings (SSSR count). The first-order valence-electron chi connectivity index (χ1n) is 3.57. The Labute approximate surface area is 80.0 Å². The van der Waals surface area contributed by atoms with Crippen molar-refractivity contribution in [2.75, 3.05) is 4.43 Å². The van der Waals surface area contributed by atoms with Crippen LogP contribution in [0.2, 0.25) is 0 Å². The molecule has 0 spiro atoms. The maximum absolute atomic E-state index is 12.8. The normalized spacial score (nSPS) is 12.9. The molecule has 0 heterocycles. The zero-order valence-corrected chi connectivity index (χ0v) is 8.29. The van der Waals surface area contributed by atoms with Gasteiger partial charge in [-0.1, -0.05) is 52.9 Å². The Balaban J connectivity index is 2.51. The molecule has 60 valence electrons. The second kappa shape index (κ2) is 4.70. The smallest absolute Gasteiger partial charge is 0.113 e. The van der Waals surface area contributed by atoms with Gasteiger partial charge < -0.3 is 0 Å². The molecule has 0 aliphatic carbocycles. The average Bonchev–Trinajstić information content (AvgIpc) is 2.06. The Bertz CT molecular complexity index is 198. The van der Waals surface area contributed by atoms with Crippen molar-refractivity contribution < 1.29 is 4.39 Å². The number of hydrogen-bond acceptors (Lipinski definition) is 0. The summed E-state index contributed by atoms with van der Waals surface area (Å²) >= 11 is 2.07. The van der Waals surface area contributed by atoms with Crippen molar-refractivity contribution in [2.24, 2.45) is 0 Å². The van der Waals surface area contributed by atoms with Crippen LogP contribution in [-0.4, -0.2) is 10.6 Å². The molecule has 0 radical (unpaired) electrons. The summed E-state index contributed by atoms with van der Waals surface area (Å²) in [5.41, 5.74) is 1.08. The fourth-order valence-corrected chi connectivity index (χ4v) is 1.24. The van der Waals surface area contributed by atoms with Gasteiger partial charge in [0.15, 0.2) is 0 Å². The SMILES string of the molecule is FC(CI)Cc1ccccc1. The van der Waals surface area contributed by atoms with Crippen molar-refractivity contribution in [3.8, 4) is 0 Å². The molecule has 1 aromatic carbocycles. The van der Waals surface area contributed by atoms with Crippen molar-refractivity contribution in [2.45, 2.75) is 12.6 Å². The van der Waals surface area contributed by atoms with E-state index in [9.17, 15) is 4.39 Å². The first-order chi connectivity index (χ1) is 5.33. The first-order valence-corrected chi connectivity index (χ1v) is 5.09. The van der Waals surface area contributed by atoms with Crippen LogP contribution >= 0.6 is 22.6 Å². The number of rotatable bonds is 3. The zero-order chi connectivity index (χ0) is 8.10. The van der Waals surface area contributed by atoms with Crippen LogP contribution in [0.5, 0.6) is 0 Å². The summed E-state index contributed by atoms with van der Waals surface area (Å²) in [4.78, 5) is 0. The minimum Gasteiger partial charge on any atom is -0.246 e. The van der Waals surface area contributed by atoms with Crippen LogP contribution in [0.4, 0.5) is 4.39 Å². The Hall–Kier alpha value is -0.120. The zero-order valence-electron chi connectivity index (χ0n) is 6.13. The van der Waals surface area contributed by atoms with E-state index in [0.29, 0.717) is 10.8 Å². The molecular formula is C9H10FI. The summed E-state index contributed by atoms with van der Waals surface area (Å²) in [6, 6.07) is 9.74. The predicted octanol–water partition coefficient (Wildman–Crippen LogP) is 3.00. The van der Waals surface area contributed by atoms with E-state index in [2.05, 4.69) is 22.6 Å². The molecule has 11 heavy (non-hydrogen) atoms. The standard InChI is InChI=1S/C9H10FI/c10-9(7-11)6-8-4-2-1-3-5-8/h1-5,9H,6-7H2. The minimum absolute atomic E-state index is 0.545. The fourth-order valence-electron chi connectivity index (χ4n) is 0.924. The van der Waals surface area contributed by atoms with Crippen LogP contribution in [0.1, 0.15) is 5.56 Å². The number of benzene rings is 1. The predicted molar refractivity (Wildman–Crippen MR) is 53.9 cm³/mol. The van der Waals surface area contributed by atoms with Gasteiger partial charge in [-0.25, -0.2) is 4.39 Å². The Morgan fingerprint density at radius 1 is 1.27 bits per heavy atom. The van der Waals surface area contributed by atoms with Crippen LogP contribution in [-0.2, 0) is 6.42 Å². The molecule has 0 saturated heterocycles. The summed E-state index contributed by atoms with van der Waals surface area (Å²) in [7, 11) is 0. The van der Waals surface area contributed by atoms with Crippen LogP contribution < -0.4 is 0 Å². The molecule has 1 aromatic rings. The quantitative estimate of drug-likeness (QED) is 0.581. The van der Waals surface area contributed by atoms with E-state index in [4.69, 9.17) is 0 Å². The number of hydrogen-bond donors (Lipinski definition) is 0. The summed E-state index contributed by atoms with van der Waals surface area (Å²) in [5.74, 6) is 0. The van der Waals surface area contributed by atoms with Gasteiger partial charge in [0.25, 0.3) is 0 Å². The summed E-state index contributed by atoms with van der Waals surface area (Å²) < 4.78 is 13.4. The molecule has 1 atom stereocenters. The Morgan fingerprint density at radius 2 is 1.91 bits per heavy atom. The Kier molecular flexibility index (Phi) is 3.83. The third-order valence-corrected chi connectivity index (χ3v) is 2.42. The van der Waals surface area contributed by atoms with Crippen LogP contribution in [0.3, 0.4) is 0 Å². The molecular weight excluding hydrogens is 254 g/mol. The molecule has 1 unspecified atom stereocenters. The van der Waals surface area contributed by atoms with Crippen LogP contribution in [0.25, 0.3) is 0 Å². The van der Waals surface area contributed by atoms with E-state index in [-0.39, 0.29) is 0 Å². The van der Waals surface area contributed by atoms with Gasteiger partial charge in [0, 0.05) is 10.8 Å². The van der Waals surface area contributed by atoms with Gasteiger partial charge in [-0.05, 0) is 5.56 Å². The largest absolute Gasteiger partial charge is 0.246 e. The van der Waals surface area contributed by atoms with Crippen molar-refractivity contribution in [1.82, 2.24) is 0 Å². The highest BCUT2D eigenvalue weighted by Crippen LogP contribution is 2.07. The topological polar surface area (TPSA) is 0 Å². The van der Waals surface area contributed by atoms with Gasteiger partial charge in [-0.2, -0.15) is 0 Å². The third-order valence-electron chi connectivity index (χ3n) is 1.47. The van der Waals surface area contributed by atoms with Crippen molar-refractivity contribution in [3.63, 3.8) is 0 Å². The highest BCUT2D eigenvalue weighted by Gasteiger charge is 2.03. The maximum atomic E-state index is 12.8. The average molecular weight is 264 g/mol. The van der Waals surface area contributed by atoms with E-state index in [1.807, 2.05) is 30.3 Å². The lowest BCUT2D eigenvalue weighted by Gasteiger charge is -2.02. The van der Waals surface area contributed by atoms with Gasteiger partial charge >= 0.3 is 0 Å². The van der Waals surface area contributed by atoms with Gasteiger partial charge in [-0.15, -0.1) is 0 Å². The van der Waals surface area contributed by atoms with E-state index in [1.54, 1.807) is 0 Å². The summed E-state index contributed by atoms with van der Waals surface area (Å²) in [5, 5.41) is 0. The lowest BCUT2D eigenvalue weighted by atomic mass is 10.1. The molecule has 0 aliphatic rings. The van der Waals surface area contributed by atoms with E-state index in [1.165, 1.54) is 0 Å². The van der Waals surface area contributed by atoms with Crippen LogP contribution in [0.15, 0.2) is 30.3 Å². The maximum Gasteiger partial charge on any atom is 0.113 e. The van der Waals surface area contributed by atoms with E-state index >= 15 is 0 Å². The molecule has 0 saturated carbocycles. The molecule has 0 bridgehead atoms. The van der Waals surface area contributed by atoms with Crippen LogP contribution in [0, 0.1) is 0 Å². The lowest BCUT2D eigenvalue weighted by Crippen LogP contribution is -2.05. The fraction of sp³-hybridized carbons (Fsp3) is 0.333. The molecule has 0 nitrogen and oxygen atoms in total. The van der Waals surface area contributed by atoms with Crippen molar-refractivity contribution >= 4 is 22.6 Å².